The molecule has 1 fully saturated rings. The highest BCUT2D eigenvalue weighted by atomic mass is 19.4. The molecule has 204 valence electrons. The van der Waals surface area contributed by atoms with Gasteiger partial charge in [0, 0.05) is 37.0 Å². The molecule has 0 saturated carbocycles. The maximum absolute atomic E-state index is 15.4. The van der Waals surface area contributed by atoms with Crippen molar-refractivity contribution in [3.05, 3.63) is 71.4 Å². The largest absolute Gasteiger partial charge is 0.416 e. The predicted octanol–water partition coefficient (Wildman–Crippen LogP) is 4.12. The van der Waals surface area contributed by atoms with Gasteiger partial charge in [-0.1, -0.05) is 5.92 Å². The summed E-state index contributed by atoms with van der Waals surface area (Å²) in [5.41, 5.74) is 6.24. The first-order chi connectivity index (χ1) is 19.1. The number of carbonyl (C=O) groups is 2. The van der Waals surface area contributed by atoms with Crippen molar-refractivity contribution in [2.45, 2.75) is 25.4 Å². The zero-order valence-corrected chi connectivity index (χ0v) is 21.0. The van der Waals surface area contributed by atoms with E-state index in [2.05, 4.69) is 32.1 Å². The fraction of sp³-hybridized carbons (Fsp3) is 0.222. The Bertz CT molecular complexity index is 1700. The van der Waals surface area contributed by atoms with E-state index in [1.165, 1.54) is 22.7 Å². The van der Waals surface area contributed by atoms with Crippen LogP contribution in [0.1, 0.15) is 40.9 Å². The molecule has 1 aliphatic rings. The van der Waals surface area contributed by atoms with Gasteiger partial charge in [0.1, 0.15) is 11.6 Å². The summed E-state index contributed by atoms with van der Waals surface area (Å²) in [6.07, 6.45) is -1.57. The molecule has 5 rings (SSSR count). The van der Waals surface area contributed by atoms with E-state index in [0.717, 1.165) is 18.3 Å². The number of fused-ring (bicyclic) bond motifs is 1. The Hall–Kier alpha value is -4.99. The molecule has 1 unspecified atom stereocenters. The van der Waals surface area contributed by atoms with Gasteiger partial charge >= 0.3 is 6.18 Å². The standard InChI is InChI=1S/C27H21F4N7O2/c1-2-3-22(39)37-11-8-16(14-37)23-20-7-10-34-26(32)38(20)24(36-23)18-5-4-15(12-19(18)28)25(40)35-21-13-17(6-9-33-21)27(29,30)31/h4-7,9-10,12-13,16H,8,11,14H2,1H3,(H2,32,34)(H,33,35,40). The van der Waals surface area contributed by atoms with E-state index in [1.54, 1.807) is 17.9 Å². The summed E-state index contributed by atoms with van der Waals surface area (Å²) in [5, 5.41) is 2.25. The molecule has 1 aromatic carbocycles. The third kappa shape index (κ3) is 5.03. The SMILES string of the molecule is CC#CC(=O)N1CCC(c2nc(-c3ccc(C(=O)Nc4cc(C(F)(F)F)ccn4)cc3F)n3c(N)nccc23)C1. The summed E-state index contributed by atoms with van der Waals surface area (Å²) in [7, 11) is 0. The van der Waals surface area contributed by atoms with Crippen molar-refractivity contribution in [3.63, 3.8) is 0 Å². The number of amides is 2. The molecule has 1 saturated heterocycles. The van der Waals surface area contributed by atoms with Crippen LogP contribution in [0.15, 0.2) is 48.8 Å². The number of halogens is 4. The van der Waals surface area contributed by atoms with Gasteiger partial charge in [-0.2, -0.15) is 13.2 Å². The molecule has 0 aliphatic carbocycles. The lowest BCUT2D eigenvalue weighted by Gasteiger charge is -2.12. The molecular formula is C27H21F4N7O2. The average Bonchev–Trinajstić information content (AvgIpc) is 3.55. The lowest BCUT2D eigenvalue weighted by atomic mass is 10.0. The Labute approximate surface area is 225 Å². The van der Waals surface area contributed by atoms with E-state index < -0.39 is 23.5 Å². The lowest BCUT2D eigenvalue weighted by Crippen LogP contribution is -2.26. The lowest BCUT2D eigenvalue weighted by molar-refractivity contribution is -0.137. The van der Waals surface area contributed by atoms with Gasteiger partial charge in [0.15, 0.2) is 5.82 Å². The number of nitrogens with one attached hydrogen (secondary N) is 1. The number of nitrogens with two attached hydrogens (primary N) is 1. The molecule has 9 nitrogen and oxygen atoms in total. The minimum absolute atomic E-state index is 0.0254. The molecule has 40 heavy (non-hydrogen) atoms. The molecule has 0 radical (unpaired) electrons. The van der Waals surface area contributed by atoms with Crippen molar-refractivity contribution in [3.8, 4) is 23.2 Å². The Balaban J connectivity index is 1.46. The minimum Gasteiger partial charge on any atom is -0.369 e. The van der Waals surface area contributed by atoms with Gasteiger partial charge in [-0.05, 0) is 55.7 Å². The topological polar surface area (TPSA) is 119 Å². The molecule has 4 heterocycles. The number of aromatic nitrogens is 4. The molecule has 0 bridgehead atoms. The molecule has 13 heteroatoms. The molecule has 4 aromatic rings. The number of likely N-dealkylation sites (tertiary alicyclic amines) is 1. The molecule has 3 N–H and O–H groups in total. The molecule has 1 atom stereocenters. The first-order valence-electron chi connectivity index (χ1n) is 12.1. The predicted molar refractivity (Wildman–Crippen MR) is 137 cm³/mol. The van der Waals surface area contributed by atoms with Crippen LogP contribution in [0.4, 0.5) is 29.3 Å². The molecular weight excluding hydrogens is 530 g/mol. The Kier molecular flexibility index (Phi) is 6.85. The zero-order chi connectivity index (χ0) is 28.6. The highest BCUT2D eigenvalue weighted by Gasteiger charge is 2.32. The number of carbonyl (C=O) groups excluding carboxylic acids is 2. The zero-order valence-electron chi connectivity index (χ0n) is 21.0. The molecule has 1 aliphatic heterocycles. The second kappa shape index (κ2) is 10.3. The van der Waals surface area contributed by atoms with Crippen molar-refractivity contribution in [2.24, 2.45) is 0 Å². The average molecular weight is 552 g/mol. The maximum Gasteiger partial charge on any atom is 0.416 e. The van der Waals surface area contributed by atoms with Crippen LogP contribution in [0.2, 0.25) is 0 Å². The van der Waals surface area contributed by atoms with E-state index in [4.69, 9.17) is 5.73 Å². The van der Waals surface area contributed by atoms with Crippen LogP contribution >= 0.6 is 0 Å². The number of hydrogen-bond acceptors (Lipinski definition) is 6. The number of hydrogen-bond donors (Lipinski definition) is 2. The van der Waals surface area contributed by atoms with E-state index in [0.29, 0.717) is 36.8 Å². The molecule has 2 amide bonds. The Morgan fingerprint density at radius 3 is 2.62 bits per heavy atom. The van der Waals surface area contributed by atoms with Crippen LogP contribution in [0.3, 0.4) is 0 Å². The highest BCUT2D eigenvalue weighted by molar-refractivity contribution is 6.04. The van der Waals surface area contributed by atoms with E-state index in [-0.39, 0.29) is 40.5 Å². The normalized spacial score (nSPS) is 15.1. The van der Waals surface area contributed by atoms with Crippen LogP contribution < -0.4 is 11.1 Å². The van der Waals surface area contributed by atoms with Gasteiger partial charge in [0.25, 0.3) is 11.8 Å². The number of nitrogens with zero attached hydrogens (tertiary/aromatic N) is 5. The third-order valence-electron chi connectivity index (χ3n) is 6.50. The number of pyridine rings is 1. The Morgan fingerprint density at radius 1 is 1.12 bits per heavy atom. The van der Waals surface area contributed by atoms with Gasteiger partial charge < -0.3 is 16.0 Å². The van der Waals surface area contributed by atoms with Crippen LogP contribution in [-0.2, 0) is 11.0 Å². The second-order valence-electron chi connectivity index (χ2n) is 9.03. The minimum atomic E-state index is -4.62. The molecule has 0 spiro atoms. The van der Waals surface area contributed by atoms with E-state index >= 15 is 4.39 Å². The first-order valence-corrected chi connectivity index (χ1v) is 12.1. The fourth-order valence-corrected chi connectivity index (χ4v) is 4.62. The van der Waals surface area contributed by atoms with Crippen molar-refractivity contribution < 1.29 is 27.2 Å². The number of anilines is 2. The van der Waals surface area contributed by atoms with Gasteiger partial charge in [-0.25, -0.2) is 19.3 Å². The van der Waals surface area contributed by atoms with Crippen LogP contribution in [0, 0.1) is 17.7 Å². The highest BCUT2D eigenvalue weighted by Crippen LogP contribution is 2.35. The number of rotatable bonds is 4. The van der Waals surface area contributed by atoms with E-state index in [1.807, 2.05) is 0 Å². The summed E-state index contributed by atoms with van der Waals surface area (Å²) in [6.45, 7) is 2.46. The van der Waals surface area contributed by atoms with Crippen LogP contribution in [-0.4, -0.2) is 49.2 Å². The van der Waals surface area contributed by atoms with Gasteiger partial charge in [-0.3, -0.25) is 14.0 Å². The third-order valence-corrected chi connectivity index (χ3v) is 6.50. The van der Waals surface area contributed by atoms with Crippen molar-refractivity contribution in [1.82, 2.24) is 24.3 Å². The summed E-state index contributed by atoms with van der Waals surface area (Å²) in [4.78, 5) is 39.0. The summed E-state index contributed by atoms with van der Waals surface area (Å²) in [6, 6.07) is 6.74. The maximum atomic E-state index is 15.4. The molecule has 3 aromatic heterocycles. The fourth-order valence-electron chi connectivity index (χ4n) is 4.62. The second-order valence-corrected chi connectivity index (χ2v) is 9.03. The number of nitrogen functional groups attached to an aromatic ring is 1. The van der Waals surface area contributed by atoms with Gasteiger partial charge in [-0.15, -0.1) is 0 Å². The van der Waals surface area contributed by atoms with Crippen LogP contribution in [0.5, 0.6) is 0 Å². The van der Waals surface area contributed by atoms with Gasteiger partial charge in [0.05, 0.1) is 22.3 Å². The monoisotopic (exact) mass is 551 g/mol. The van der Waals surface area contributed by atoms with E-state index in [9.17, 15) is 22.8 Å². The van der Waals surface area contributed by atoms with Crippen molar-refractivity contribution in [2.75, 3.05) is 24.1 Å². The van der Waals surface area contributed by atoms with Crippen molar-refractivity contribution >= 4 is 29.1 Å². The summed E-state index contributed by atoms with van der Waals surface area (Å²) in [5.74, 6) is 2.91. The number of imidazole rings is 1. The Morgan fingerprint density at radius 2 is 1.90 bits per heavy atom. The summed E-state index contributed by atoms with van der Waals surface area (Å²) < 4.78 is 55.9. The quantitative estimate of drug-likeness (QED) is 0.291. The number of alkyl halides is 3. The first kappa shape index (κ1) is 26.6. The van der Waals surface area contributed by atoms with Crippen molar-refractivity contribution in [1.29, 1.82) is 0 Å². The van der Waals surface area contributed by atoms with Gasteiger partial charge in [0.2, 0.25) is 5.95 Å². The smallest absolute Gasteiger partial charge is 0.369 e. The number of benzene rings is 1. The van der Waals surface area contributed by atoms with Crippen LogP contribution in [0.25, 0.3) is 16.9 Å². The summed E-state index contributed by atoms with van der Waals surface area (Å²) >= 11 is 0.